The first kappa shape index (κ1) is 15.3. The first-order valence-corrected chi connectivity index (χ1v) is 8.57. The van der Waals surface area contributed by atoms with Crippen LogP contribution in [0.3, 0.4) is 0 Å². The third-order valence-corrected chi connectivity index (χ3v) is 4.86. The molecule has 3 rings (SSSR count). The lowest BCUT2D eigenvalue weighted by molar-refractivity contribution is 0.129. The van der Waals surface area contributed by atoms with E-state index in [-0.39, 0.29) is 0 Å². The van der Waals surface area contributed by atoms with E-state index < -0.39 is 0 Å². The molecular weight excluding hydrogens is 266 g/mol. The van der Waals surface area contributed by atoms with Gasteiger partial charge in [-0.3, -0.25) is 4.90 Å². The van der Waals surface area contributed by atoms with Crippen molar-refractivity contribution in [2.24, 2.45) is 5.92 Å². The van der Waals surface area contributed by atoms with Crippen LogP contribution in [0.2, 0.25) is 0 Å². The molecule has 0 saturated carbocycles. The summed E-state index contributed by atoms with van der Waals surface area (Å²) in [5.41, 5.74) is 4.24. The van der Waals surface area contributed by atoms with Crippen molar-refractivity contribution in [3.05, 3.63) is 71.3 Å². The molecule has 0 aliphatic carbocycles. The number of hydrogen-bond acceptors (Lipinski definition) is 1. The lowest BCUT2D eigenvalue weighted by atomic mass is 9.92. The second-order valence-corrected chi connectivity index (χ2v) is 6.86. The van der Waals surface area contributed by atoms with Crippen molar-refractivity contribution >= 4 is 0 Å². The molecule has 1 aliphatic heterocycles. The molecule has 2 atom stereocenters. The van der Waals surface area contributed by atoms with Crippen LogP contribution in [0.1, 0.15) is 42.5 Å². The molecule has 0 amide bonds. The van der Waals surface area contributed by atoms with E-state index in [0.717, 1.165) is 12.3 Å². The summed E-state index contributed by atoms with van der Waals surface area (Å²) >= 11 is 0. The number of likely N-dealkylation sites (tertiary alicyclic amines) is 1. The number of piperidine rings is 1. The van der Waals surface area contributed by atoms with Gasteiger partial charge in [-0.15, -0.1) is 0 Å². The highest BCUT2D eigenvalue weighted by molar-refractivity contribution is 5.27. The monoisotopic (exact) mass is 293 g/mol. The minimum absolute atomic E-state index is 0.505. The highest BCUT2D eigenvalue weighted by Gasteiger charge is 2.25. The van der Waals surface area contributed by atoms with Crippen LogP contribution in [-0.4, -0.2) is 18.0 Å². The minimum atomic E-state index is 0.505. The van der Waals surface area contributed by atoms with Gasteiger partial charge >= 0.3 is 0 Å². The molecule has 2 aromatic rings. The highest BCUT2D eigenvalue weighted by atomic mass is 15.2. The van der Waals surface area contributed by atoms with Crippen LogP contribution in [0.5, 0.6) is 0 Å². The molecule has 0 N–H and O–H groups in total. The number of aryl methyl sites for hydroxylation is 1. The standard InChI is InChI=1S/C21H27N/c1-17-10-12-20(13-11-17)21(15-19-8-4-3-5-9-19)22-14-6-7-18(2)16-22/h3-5,8-13,18,21H,6-7,14-16H2,1-2H3. The Balaban J connectivity index is 1.85. The Morgan fingerprint density at radius 3 is 2.45 bits per heavy atom. The molecule has 1 heterocycles. The van der Waals surface area contributed by atoms with Crippen LogP contribution < -0.4 is 0 Å². The Kier molecular flexibility index (Phi) is 4.94. The Labute approximate surface area is 135 Å². The average molecular weight is 293 g/mol. The number of hydrogen-bond donors (Lipinski definition) is 0. The number of benzene rings is 2. The summed E-state index contributed by atoms with van der Waals surface area (Å²) in [6.45, 7) is 7.01. The van der Waals surface area contributed by atoms with Crippen LogP contribution in [-0.2, 0) is 6.42 Å². The van der Waals surface area contributed by atoms with E-state index in [1.54, 1.807) is 0 Å². The van der Waals surface area contributed by atoms with Gasteiger partial charge in [-0.1, -0.05) is 67.1 Å². The summed E-state index contributed by atoms with van der Waals surface area (Å²) in [5, 5.41) is 0. The SMILES string of the molecule is Cc1ccc(C(Cc2ccccc2)N2CCCC(C)C2)cc1. The van der Waals surface area contributed by atoms with Crippen molar-refractivity contribution < 1.29 is 0 Å². The zero-order valence-electron chi connectivity index (χ0n) is 13.8. The molecule has 0 spiro atoms. The average Bonchev–Trinajstić information content (AvgIpc) is 2.55. The molecule has 22 heavy (non-hydrogen) atoms. The molecule has 0 bridgehead atoms. The van der Waals surface area contributed by atoms with Gasteiger partial charge in [0.15, 0.2) is 0 Å². The zero-order chi connectivity index (χ0) is 15.4. The third-order valence-electron chi connectivity index (χ3n) is 4.86. The van der Waals surface area contributed by atoms with Crippen LogP contribution in [0.4, 0.5) is 0 Å². The fourth-order valence-corrected chi connectivity index (χ4v) is 3.59. The van der Waals surface area contributed by atoms with Gasteiger partial charge in [0.05, 0.1) is 0 Å². The van der Waals surface area contributed by atoms with Gasteiger partial charge in [0.25, 0.3) is 0 Å². The van der Waals surface area contributed by atoms with Crippen molar-refractivity contribution in [1.29, 1.82) is 0 Å². The normalized spacial score (nSPS) is 20.7. The third kappa shape index (κ3) is 3.78. The Morgan fingerprint density at radius 2 is 1.77 bits per heavy atom. The molecule has 2 unspecified atom stereocenters. The Bertz CT molecular complexity index is 573. The summed E-state index contributed by atoms with van der Waals surface area (Å²) in [4.78, 5) is 2.70. The quantitative estimate of drug-likeness (QED) is 0.766. The van der Waals surface area contributed by atoms with Gasteiger partial charge in [-0.05, 0) is 49.8 Å². The molecule has 116 valence electrons. The van der Waals surface area contributed by atoms with Gasteiger partial charge < -0.3 is 0 Å². The maximum Gasteiger partial charge on any atom is 0.0388 e. The van der Waals surface area contributed by atoms with Crippen LogP contribution >= 0.6 is 0 Å². The fourth-order valence-electron chi connectivity index (χ4n) is 3.59. The summed E-state index contributed by atoms with van der Waals surface area (Å²) in [7, 11) is 0. The second kappa shape index (κ2) is 7.11. The summed E-state index contributed by atoms with van der Waals surface area (Å²) in [6, 6.07) is 20.6. The topological polar surface area (TPSA) is 3.24 Å². The smallest absolute Gasteiger partial charge is 0.0388 e. The molecule has 1 saturated heterocycles. The van der Waals surface area contributed by atoms with E-state index in [0.29, 0.717) is 6.04 Å². The predicted molar refractivity (Wildman–Crippen MR) is 94.0 cm³/mol. The van der Waals surface area contributed by atoms with Gasteiger partial charge in [-0.2, -0.15) is 0 Å². The summed E-state index contributed by atoms with van der Waals surface area (Å²) < 4.78 is 0. The number of rotatable bonds is 4. The fraction of sp³-hybridized carbons (Fsp3) is 0.429. The molecular formula is C21H27N. The lowest BCUT2D eigenvalue weighted by Crippen LogP contribution is -2.38. The van der Waals surface area contributed by atoms with Crippen molar-refractivity contribution in [2.75, 3.05) is 13.1 Å². The van der Waals surface area contributed by atoms with E-state index in [1.165, 1.54) is 42.6 Å². The van der Waals surface area contributed by atoms with Crippen molar-refractivity contribution in [1.82, 2.24) is 4.90 Å². The summed E-state index contributed by atoms with van der Waals surface area (Å²) in [5.74, 6) is 0.817. The van der Waals surface area contributed by atoms with E-state index in [9.17, 15) is 0 Å². The lowest BCUT2D eigenvalue weighted by Gasteiger charge is -2.38. The van der Waals surface area contributed by atoms with Crippen molar-refractivity contribution in [3.8, 4) is 0 Å². The predicted octanol–water partition coefficient (Wildman–Crippen LogP) is 5.01. The van der Waals surface area contributed by atoms with E-state index in [1.807, 2.05) is 0 Å². The first-order chi connectivity index (χ1) is 10.7. The van der Waals surface area contributed by atoms with Gasteiger partial charge in [0.1, 0.15) is 0 Å². The minimum Gasteiger partial charge on any atom is -0.296 e. The zero-order valence-corrected chi connectivity index (χ0v) is 13.8. The van der Waals surface area contributed by atoms with Crippen LogP contribution in [0, 0.1) is 12.8 Å². The Hall–Kier alpha value is -1.60. The molecule has 1 fully saturated rings. The van der Waals surface area contributed by atoms with Crippen molar-refractivity contribution in [2.45, 2.75) is 39.2 Å². The maximum absolute atomic E-state index is 2.70. The first-order valence-electron chi connectivity index (χ1n) is 8.57. The number of nitrogens with zero attached hydrogens (tertiary/aromatic N) is 1. The second-order valence-electron chi connectivity index (χ2n) is 6.86. The maximum atomic E-state index is 2.70. The molecule has 1 heteroatoms. The van der Waals surface area contributed by atoms with Crippen molar-refractivity contribution in [3.63, 3.8) is 0 Å². The summed E-state index contributed by atoms with van der Waals surface area (Å²) in [6.07, 6.45) is 3.82. The largest absolute Gasteiger partial charge is 0.296 e. The molecule has 2 aromatic carbocycles. The molecule has 1 nitrogen and oxygen atoms in total. The van der Waals surface area contributed by atoms with E-state index in [2.05, 4.69) is 73.3 Å². The van der Waals surface area contributed by atoms with E-state index >= 15 is 0 Å². The molecule has 0 aromatic heterocycles. The van der Waals surface area contributed by atoms with Crippen LogP contribution in [0.15, 0.2) is 54.6 Å². The molecule has 0 radical (unpaired) electrons. The van der Waals surface area contributed by atoms with Gasteiger partial charge in [-0.25, -0.2) is 0 Å². The van der Waals surface area contributed by atoms with Crippen LogP contribution in [0.25, 0.3) is 0 Å². The van der Waals surface area contributed by atoms with Gasteiger partial charge in [0.2, 0.25) is 0 Å². The highest BCUT2D eigenvalue weighted by Crippen LogP contribution is 2.30. The Morgan fingerprint density at radius 1 is 1.05 bits per heavy atom. The molecule has 1 aliphatic rings. The van der Waals surface area contributed by atoms with E-state index in [4.69, 9.17) is 0 Å². The van der Waals surface area contributed by atoms with Gasteiger partial charge in [0, 0.05) is 12.6 Å².